The first-order valence-corrected chi connectivity index (χ1v) is 4.35. The van der Waals surface area contributed by atoms with E-state index in [0.717, 1.165) is 5.76 Å². The molecule has 11 heavy (non-hydrogen) atoms. The Balaban J connectivity index is 2.73. The van der Waals surface area contributed by atoms with Crippen molar-refractivity contribution in [3.8, 4) is 0 Å². The highest BCUT2D eigenvalue weighted by molar-refractivity contribution is 7.80. The van der Waals surface area contributed by atoms with Gasteiger partial charge in [0.05, 0.1) is 0 Å². The van der Waals surface area contributed by atoms with Gasteiger partial charge >= 0.3 is 0 Å². The molecule has 0 saturated heterocycles. The Kier molecular flexibility index (Phi) is 3.30. The van der Waals surface area contributed by atoms with Crippen molar-refractivity contribution in [1.29, 1.82) is 0 Å². The standard InChI is InChI=1S/C7H10ClNOS/c8-7-2-1-6(10-7)5(3-9)4-11/h1-2,5,11H,3-4,9H2. The van der Waals surface area contributed by atoms with Crippen LogP contribution >= 0.6 is 24.2 Å². The molecular formula is C7H10ClNOS. The predicted molar refractivity (Wildman–Crippen MR) is 49.4 cm³/mol. The third-order valence-electron chi connectivity index (χ3n) is 1.50. The Hall–Kier alpha value is -0.120. The van der Waals surface area contributed by atoms with Crippen molar-refractivity contribution >= 4 is 24.2 Å². The molecule has 2 N–H and O–H groups in total. The average Bonchev–Trinajstić information content (AvgIpc) is 2.39. The predicted octanol–water partition coefficient (Wildman–Crippen LogP) is 1.91. The van der Waals surface area contributed by atoms with Crippen LogP contribution in [0.2, 0.25) is 5.22 Å². The van der Waals surface area contributed by atoms with Gasteiger partial charge in [-0.3, -0.25) is 0 Å². The van der Waals surface area contributed by atoms with Gasteiger partial charge in [-0.2, -0.15) is 12.6 Å². The van der Waals surface area contributed by atoms with E-state index in [1.807, 2.05) is 6.07 Å². The summed E-state index contributed by atoms with van der Waals surface area (Å²) in [5.74, 6) is 1.67. The van der Waals surface area contributed by atoms with Gasteiger partial charge in [-0.25, -0.2) is 0 Å². The second kappa shape index (κ2) is 4.04. The van der Waals surface area contributed by atoms with Crippen molar-refractivity contribution in [1.82, 2.24) is 0 Å². The second-order valence-corrected chi connectivity index (χ2v) is 2.99. The van der Waals surface area contributed by atoms with Crippen molar-refractivity contribution in [2.75, 3.05) is 12.3 Å². The fourth-order valence-electron chi connectivity index (χ4n) is 0.828. The first-order chi connectivity index (χ1) is 5.27. The molecule has 1 aromatic heterocycles. The van der Waals surface area contributed by atoms with Gasteiger partial charge in [0.2, 0.25) is 0 Å². The number of rotatable bonds is 3. The van der Waals surface area contributed by atoms with Crippen molar-refractivity contribution in [3.05, 3.63) is 23.1 Å². The highest BCUT2D eigenvalue weighted by Crippen LogP contribution is 2.21. The monoisotopic (exact) mass is 191 g/mol. The summed E-state index contributed by atoms with van der Waals surface area (Å²) in [7, 11) is 0. The van der Waals surface area contributed by atoms with Gasteiger partial charge in [-0.1, -0.05) is 0 Å². The summed E-state index contributed by atoms with van der Waals surface area (Å²) in [6.45, 7) is 0.535. The van der Waals surface area contributed by atoms with Crippen molar-refractivity contribution in [2.24, 2.45) is 5.73 Å². The molecule has 0 radical (unpaired) electrons. The molecule has 0 amide bonds. The molecular weight excluding hydrogens is 182 g/mol. The van der Waals surface area contributed by atoms with Crippen LogP contribution in [0.15, 0.2) is 16.5 Å². The molecule has 0 saturated carbocycles. The van der Waals surface area contributed by atoms with Crippen LogP contribution in [-0.4, -0.2) is 12.3 Å². The van der Waals surface area contributed by atoms with Crippen LogP contribution in [0.4, 0.5) is 0 Å². The molecule has 0 aliphatic heterocycles. The van der Waals surface area contributed by atoms with Crippen LogP contribution in [0.5, 0.6) is 0 Å². The highest BCUT2D eigenvalue weighted by atomic mass is 35.5. The smallest absolute Gasteiger partial charge is 0.193 e. The molecule has 0 bridgehead atoms. The van der Waals surface area contributed by atoms with Gasteiger partial charge < -0.3 is 10.2 Å². The van der Waals surface area contributed by atoms with E-state index in [1.54, 1.807) is 6.07 Å². The molecule has 1 atom stereocenters. The van der Waals surface area contributed by atoms with E-state index in [0.29, 0.717) is 17.5 Å². The summed E-state index contributed by atoms with van der Waals surface area (Å²) in [6.07, 6.45) is 0. The normalized spacial score (nSPS) is 13.4. The van der Waals surface area contributed by atoms with Crippen LogP contribution in [0, 0.1) is 0 Å². The lowest BCUT2D eigenvalue weighted by Gasteiger charge is -2.06. The zero-order valence-corrected chi connectivity index (χ0v) is 7.61. The molecule has 0 spiro atoms. The highest BCUT2D eigenvalue weighted by Gasteiger charge is 2.11. The number of furan rings is 1. The maximum Gasteiger partial charge on any atom is 0.193 e. The van der Waals surface area contributed by atoms with Crippen molar-refractivity contribution in [2.45, 2.75) is 5.92 Å². The number of nitrogens with two attached hydrogens (primary N) is 1. The van der Waals surface area contributed by atoms with E-state index in [-0.39, 0.29) is 5.92 Å². The Morgan fingerprint density at radius 2 is 2.36 bits per heavy atom. The zero-order valence-electron chi connectivity index (χ0n) is 5.96. The number of thiol groups is 1. The van der Waals surface area contributed by atoms with Gasteiger partial charge in [0, 0.05) is 18.2 Å². The lowest BCUT2D eigenvalue weighted by Crippen LogP contribution is -2.12. The SMILES string of the molecule is NCC(CS)c1ccc(Cl)o1. The van der Waals surface area contributed by atoms with Gasteiger partial charge in [0.1, 0.15) is 5.76 Å². The van der Waals surface area contributed by atoms with Gasteiger partial charge in [-0.15, -0.1) is 0 Å². The molecule has 1 heterocycles. The number of halogens is 1. The topological polar surface area (TPSA) is 39.2 Å². The van der Waals surface area contributed by atoms with Crippen LogP contribution in [0.1, 0.15) is 11.7 Å². The minimum Gasteiger partial charge on any atom is -0.449 e. The average molecular weight is 192 g/mol. The number of hydrogen-bond acceptors (Lipinski definition) is 3. The quantitative estimate of drug-likeness (QED) is 0.717. The first-order valence-electron chi connectivity index (χ1n) is 3.34. The lowest BCUT2D eigenvalue weighted by molar-refractivity contribution is 0.482. The summed E-state index contributed by atoms with van der Waals surface area (Å²) in [4.78, 5) is 0. The van der Waals surface area contributed by atoms with E-state index >= 15 is 0 Å². The molecule has 1 rings (SSSR count). The summed E-state index contributed by atoms with van der Waals surface area (Å²) in [5, 5.41) is 0.403. The maximum absolute atomic E-state index is 5.59. The Bertz CT molecular complexity index is 222. The fourth-order valence-corrected chi connectivity index (χ4v) is 1.31. The zero-order chi connectivity index (χ0) is 8.27. The Morgan fingerprint density at radius 3 is 2.73 bits per heavy atom. The van der Waals surface area contributed by atoms with Crippen LogP contribution < -0.4 is 5.73 Å². The van der Waals surface area contributed by atoms with Gasteiger partial charge in [0.15, 0.2) is 5.22 Å². The van der Waals surface area contributed by atoms with Crippen LogP contribution in [0.3, 0.4) is 0 Å². The minimum atomic E-state index is 0.172. The van der Waals surface area contributed by atoms with Crippen LogP contribution in [0.25, 0.3) is 0 Å². The van der Waals surface area contributed by atoms with Crippen molar-refractivity contribution < 1.29 is 4.42 Å². The summed E-state index contributed by atoms with van der Waals surface area (Å²) in [6, 6.07) is 3.54. The second-order valence-electron chi connectivity index (χ2n) is 2.26. The molecule has 0 aromatic carbocycles. The van der Waals surface area contributed by atoms with E-state index in [9.17, 15) is 0 Å². The third kappa shape index (κ3) is 2.15. The largest absolute Gasteiger partial charge is 0.449 e. The van der Waals surface area contributed by atoms with E-state index in [2.05, 4.69) is 12.6 Å². The number of hydrogen-bond donors (Lipinski definition) is 2. The first kappa shape index (κ1) is 8.97. The summed E-state index contributed by atoms with van der Waals surface area (Å²) < 4.78 is 5.16. The van der Waals surface area contributed by atoms with Crippen molar-refractivity contribution in [3.63, 3.8) is 0 Å². The van der Waals surface area contributed by atoms with E-state index in [1.165, 1.54) is 0 Å². The van der Waals surface area contributed by atoms with E-state index < -0.39 is 0 Å². The summed E-state index contributed by atoms with van der Waals surface area (Å²) >= 11 is 9.72. The molecule has 1 unspecified atom stereocenters. The molecule has 1 aromatic rings. The minimum absolute atomic E-state index is 0.172. The molecule has 2 nitrogen and oxygen atoms in total. The maximum atomic E-state index is 5.59. The summed E-state index contributed by atoms with van der Waals surface area (Å²) in [5.41, 5.74) is 5.47. The Morgan fingerprint density at radius 1 is 1.64 bits per heavy atom. The third-order valence-corrected chi connectivity index (χ3v) is 2.15. The molecule has 4 heteroatoms. The van der Waals surface area contributed by atoms with Gasteiger partial charge in [0.25, 0.3) is 0 Å². The lowest BCUT2D eigenvalue weighted by atomic mass is 10.1. The molecule has 0 aliphatic carbocycles. The Labute approximate surface area is 76.1 Å². The molecule has 0 fully saturated rings. The molecule has 0 aliphatic rings. The van der Waals surface area contributed by atoms with Gasteiger partial charge in [-0.05, 0) is 23.7 Å². The fraction of sp³-hybridized carbons (Fsp3) is 0.429. The van der Waals surface area contributed by atoms with Crippen LogP contribution in [-0.2, 0) is 0 Å². The molecule has 62 valence electrons. The van der Waals surface area contributed by atoms with E-state index in [4.69, 9.17) is 21.8 Å².